The summed E-state index contributed by atoms with van der Waals surface area (Å²) in [6.45, 7) is 0. The van der Waals surface area contributed by atoms with E-state index in [1.54, 1.807) is 12.3 Å². The van der Waals surface area contributed by atoms with Crippen LogP contribution in [0.25, 0.3) is 71.7 Å². The third kappa shape index (κ3) is 5.04. The summed E-state index contributed by atoms with van der Waals surface area (Å²) in [4.78, 5) is 9.82. The molecule has 45 heavy (non-hydrogen) atoms. The summed E-state index contributed by atoms with van der Waals surface area (Å²) in [6.07, 6.45) is 1.81. The quantitative estimate of drug-likeness (QED) is 0.183. The minimum atomic E-state index is 0. The maximum Gasteiger partial charge on any atom is 0.136 e. The first kappa shape index (κ1) is 28.5. The summed E-state index contributed by atoms with van der Waals surface area (Å²) in [7, 11) is 0. The first-order valence-electron chi connectivity index (χ1n) is 14.6. The van der Waals surface area contributed by atoms with E-state index in [1.165, 1.54) is 0 Å². The number of pyridine rings is 2. The largest absolute Gasteiger partial charge is 0.507 e. The SMILES string of the molecule is Oc1ccccc1-c1cccc(-n2c3[c-]c(-c4ccccn4)ccc3c3ccccc3c3ccccc3c3ccccc32)n1.[Pt]. The zero-order valence-corrected chi connectivity index (χ0v) is 26.3. The smallest absolute Gasteiger partial charge is 0.136 e. The Labute approximate surface area is 274 Å². The third-order valence-corrected chi connectivity index (χ3v) is 8.10. The van der Waals surface area contributed by atoms with Crippen LogP contribution in [0, 0.1) is 6.07 Å². The molecule has 0 unspecified atom stereocenters. The molecule has 3 aromatic heterocycles. The Hall–Kier alpha value is -5.31. The topological polar surface area (TPSA) is 50.9 Å². The Balaban J connectivity index is 0.00000325. The predicted octanol–water partition coefficient (Wildman–Crippen LogP) is 9.84. The Morgan fingerprint density at radius 1 is 0.511 bits per heavy atom. The van der Waals surface area contributed by atoms with Crippen molar-refractivity contribution in [2.45, 2.75) is 0 Å². The summed E-state index contributed by atoms with van der Waals surface area (Å²) in [6, 6.07) is 52.8. The van der Waals surface area contributed by atoms with E-state index in [0.717, 1.165) is 54.6 Å². The van der Waals surface area contributed by atoms with Gasteiger partial charge in [-0.05, 0) is 63.8 Å². The Morgan fingerprint density at radius 3 is 1.82 bits per heavy atom. The van der Waals surface area contributed by atoms with E-state index < -0.39 is 0 Å². The number of hydrogen-bond acceptors (Lipinski definition) is 3. The van der Waals surface area contributed by atoms with Crippen LogP contribution in [-0.4, -0.2) is 19.6 Å². The fraction of sp³-hybridized carbons (Fsp3) is 0. The zero-order valence-electron chi connectivity index (χ0n) is 24.0. The van der Waals surface area contributed by atoms with Crippen LogP contribution in [0.1, 0.15) is 0 Å². The standard InChI is InChI=1S/C40H26N3O.Pt/c44-39-21-8-6-17-34(39)36-19-11-22-40(42-36)43-37-20-7-5-16-32(37)30-14-3-1-12-28(30)29-13-2-4-15-31(29)33-24-23-27(26-38(33)43)35-18-9-10-25-41-35;/h1-25,44H;/q-1;. The minimum Gasteiger partial charge on any atom is -0.507 e. The molecule has 8 rings (SSSR count). The molecule has 4 nitrogen and oxygen atoms in total. The number of para-hydroxylation sites is 2. The van der Waals surface area contributed by atoms with Gasteiger partial charge in [-0.15, -0.1) is 23.8 Å². The maximum atomic E-state index is 10.7. The van der Waals surface area contributed by atoms with Gasteiger partial charge in [0, 0.05) is 38.2 Å². The Bertz CT molecular complexity index is 2420. The van der Waals surface area contributed by atoms with Crippen LogP contribution >= 0.6 is 0 Å². The maximum absolute atomic E-state index is 10.7. The van der Waals surface area contributed by atoms with Gasteiger partial charge in [0.2, 0.25) is 0 Å². The van der Waals surface area contributed by atoms with Gasteiger partial charge in [-0.25, -0.2) is 4.98 Å². The molecule has 0 aliphatic carbocycles. The molecule has 5 aromatic carbocycles. The second-order valence-corrected chi connectivity index (χ2v) is 10.7. The normalized spacial score (nSPS) is 11.0. The van der Waals surface area contributed by atoms with Gasteiger partial charge in [-0.2, -0.15) is 0 Å². The van der Waals surface area contributed by atoms with Gasteiger partial charge in [0.15, 0.2) is 0 Å². The first-order valence-corrected chi connectivity index (χ1v) is 14.6. The molecule has 0 aliphatic heterocycles. The number of nitrogens with zero attached hydrogens (tertiary/aromatic N) is 3. The van der Waals surface area contributed by atoms with Gasteiger partial charge in [0.05, 0.1) is 11.2 Å². The van der Waals surface area contributed by atoms with Crippen molar-refractivity contribution in [3.63, 3.8) is 0 Å². The molecule has 0 fully saturated rings. The van der Waals surface area contributed by atoms with Crippen molar-refractivity contribution in [1.29, 1.82) is 0 Å². The second kappa shape index (κ2) is 12.0. The molecule has 0 saturated heterocycles. The molecule has 218 valence electrons. The molecule has 0 saturated carbocycles. The van der Waals surface area contributed by atoms with Crippen LogP contribution in [0.3, 0.4) is 0 Å². The predicted molar refractivity (Wildman–Crippen MR) is 180 cm³/mol. The number of aromatic hydroxyl groups is 1. The van der Waals surface area contributed by atoms with E-state index in [0.29, 0.717) is 17.1 Å². The van der Waals surface area contributed by atoms with Crippen molar-refractivity contribution < 1.29 is 26.2 Å². The van der Waals surface area contributed by atoms with E-state index in [-0.39, 0.29) is 26.8 Å². The van der Waals surface area contributed by atoms with Gasteiger partial charge in [-0.1, -0.05) is 108 Å². The summed E-state index contributed by atoms with van der Waals surface area (Å²) in [5.41, 5.74) is 4.93. The number of benzene rings is 5. The monoisotopic (exact) mass is 759 g/mol. The fourth-order valence-electron chi connectivity index (χ4n) is 6.10. The van der Waals surface area contributed by atoms with Crippen LogP contribution < -0.4 is 0 Å². The average molecular weight is 760 g/mol. The number of rotatable bonds is 3. The summed E-state index contributed by atoms with van der Waals surface area (Å²) >= 11 is 0. The van der Waals surface area contributed by atoms with Crippen molar-refractivity contribution in [2.24, 2.45) is 0 Å². The zero-order chi connectivity index (χ0) is 29.5. The Kier molecular flexibility index (Phi) is 7.59. The molecule has 0 amide bonds. The van der Waals surface area contributed by atoms with E-state index in [4.69, 9.17) is 4.98 Å². The number of fused-ring (bicyclic) bond motifs is 7. The van der Waals surface area contributed by atoms with E-state index in [9.17, 15) is 5.11 Å². The second-order valence-electron chi connectivity index (χ2n) is 10.7. The molecule has 5 heteroatoms. The summed E-state index contributed by atoms with van der Waals surface area (Å²) in [5, 5.41) is 17.4. The minimum absolute atomic E-state index is 0. The third-order valence-electron chi connectivity index (χ3n) is 8.10. The molecule has 3 heterocycles. The van der Waals surface area contributed by atoms with Crippen molar-refractivity contribution in [2.75, 3.05) is 0 Å². The van der Waals surface area contributed by atoms with Gasteiger partial charge >= 0.3 is 0 Å². The van der Waals surface area contributed by atoms with Crippen LogP contribution in [0.15, 0.2) is 152 Å². The van der Waals surface area contributed by atoms with Gasteiger partial charge < -0.3 is 14.7 Å². The summed E-state index contributed by atoms with van der Waals surface area (Å²) < 4.78 is 2.19. The van der Waals surface area contributed by atoms with Crippen LogP contribution in [0.2, 0.25) is 0 Å². The molecule has 1 N–H and O–H groups in total. The van der Waals surface area contributed by atoms with Crippen molar-refractivity contribution in [3.8, 4) is 34.1 Å². The number of hydrogen-bond donors (Lipinski definition) is 1. The number of aromatic nitrogens is 3. The average Bonchev–Trinajstić information content (AvgIpc) is 3.13. The molecule has 0 radical (unpaired) electrons. The van der Waals surface area contributed by atoms with Crippen molar-refractivity contribution >= 4 is 43.4 Å². The van der Waals surface area contributed by atoms with Crippen LogP contribution in [-0.2, 0) is 21.1 Å². The van der Waals surface area contributed by atoms with Gasteiger partial charge in [0.1, 0.15) is 11.6 Å². The molecule has 0 spiro atoms. The molecule has 0 aliphatic rings. The number of phenolic OH excluding ortho intramolecular Hbond substituents is 1. The van der Waals surface area contributed by atoms with E-state index in [2.05, 4.69) is 101 Å². The molecule has 0 bridgehead atoms. The first-order chi connectivity index (χ1) is 21.8. The molecular weight excluding hydrogens is 734 g/mol. The van der Waals surface area contributed by atoms with Gasteiger partial charge in [0.25, 0.3) is 0 Å². The Morgan fingerprint density at radius 2 is 1.11 bits per heavy atom. The van der Waals surface area contributed by atoms with Crippen molar-refractivity contribution in [1.82, 2.24) is 14.5 Å². The molecule has 0 atom stereocenters. The van der Waals surface area contributed by atoms with Crippen LogP contribution in [0.5, 0.6) is 5.75 Å². The summed E-state index contributed by atoms with van der Waals surface area (Å²) in [5.74, 6) is 0.903. The van der Waals surface area contributed by atoms with E-state index >= 15 is 0 Å². The van der Waals surface area contributed by atoms with Crippen LogP contribution in [0.4, 0.5) is 0 Å². The van der Waals surface area contributed by atoms with Gasteiger partial charge in [-0.3, -0.25) is 0 Å². The fourth-order valence-corrected chi connectivity index (χ4v) is 6.10. The molecular formula is C40H26N3OPt-. The number of phenols is 1. The van der Waals surface area contributed by atoms with Crippen molar-refractivity contribution in [3.05, 3.63) is 158 Å². The molecule has 8 aromatic rings. The van der Waals surface area contributed by atoms with E-state index in [1.807, 2.05) is 54.6 Å².